The zero-order valence-corrected chi connectivity index (χ0v) is 11.3. The normalized spacial score (nSPS) is 10.5. The molecule has 7 heteroatoms. The first-order chi connectivity index (χ1) is 9.08. The van der Waals surface area contributed by atoms with Crippen LogP contribution in [-0.4, -0.2) is 16.9 Å². The lowest BCUT2D eigenvalue weighted by atomic mass is 10.3. The van der Waals surface area contributed by atoms with Crippen LogP contribution >= 0.6 is 23.2 Å². The van der Waals surface area contributed by atoms with Crippen molar-refractivity contribution >= 4 is 23.2 Å². The highest BCUT2D eigenvalue weighted by Crippen LogP contribution is 2.25. The van der Waals surface area contributed by atoms with Gasteiger partial charge in [0.05, 0.1) is 17.3 Å². The van der Waals surface area contributed by atoms with E-state index in [0.717, 1.165) is 0 Å². The second-order valence-corrected chi connectivity index (χ2v) is 4.43. The first kappa shape index (κ1) is 13.8. The van der Waals surface area contributed by atoms with Crippen molar-refractivity contribution in [1.29, 1.82) is 5.26 Å². The number of methoxy groups -OCH3 is 1. The van der Waals surface area contributed by atoms with Gasteiger partial charge in [-0.3, -0.25) is 0 Å². The average molecular weight is 300 g/mol. The van der Waals surface area contributed by atoms with Crippen molar-refractivity contribution in [2.24, 2.45) is 0 Å². The third-order valence-corrected chi connectivity index (χ3v) is 3.10. The lowest BCUT2D eigenvalue weighted by Crippen LogP contribution is -1.99. The van der Waals surface area contributed by atoms with Gasteiger partial charge in [0.15, 0.2) is 5.15 Å². The zero-order chi connectivity index (χ0) is 14.0. The van der Waals surface area contributed by atoms with E-state index < -0.39 is 5.82 Å². The lowest BCUT2D eigenvalue weighted by Gasteiger charge is -2.03. The molecule has 2 rings (SSSR count). The summed E-state index contributed by atoms with van der Waals surface area (Å²) >= 11 is 11.7. The minimum absolute atomic E-state index is 0.00431. The van der Waals surface area contributed by atoms with Gasteiger partial charge in [0, 0.05) is 13.2 Å². The maximum absolute atomic E-state index is 13.4. The highest BCUT2D eigenvalue weighted by Gasteiger charge is 2.17. The molecule has 19 heavy (non-hydrogen) atoms. The zero-order valence-electron chi connectivity index (χ0n) is 9.82. The molecule has 0 atom stereocenters. The first-order valence-electron chi connectivity index (χ1n) is 5.20. The van der Waals surface area contributed by atoms with Crippen LogP contribution in [0.15, 0.2) is 18.2 Å². The molecular weight excluding hydrogens is 292 g/mol. The molecule has 0 saturated carbocycles. The van der Waals surface area contributed by atoms with E-state index in [1.54, 1.807) is 6.07 Å². The molecule has 0 saturated heterocycles. The molecule has 0 unspecified atom stereocenters. The molecule has 4 nitrogen and oxygen atoms in total. The largest absolute Gasteiger partial charge is 0.378 e. The van der Waals surface area contributed by atoms with Gasteiger partial charge >= 0.3 is 0 Å². The van der Waals surface area contributed by atoms with Gasteiger partial charge < -0.3 is 4.74 Å². The molecule has 0 aliphatic carbocycles. The predicted octanol–water partition coefficient (Wildman–Crippen LogP) is 3.34. The molecule has 0 N–H and O–H groups in total. The summed E-state index contributed by atoms with van der Waals surface area (Å²) in [5, 5.41) is 13.3. The summed E-state index contributed by atoms with van der Waals surface area (Å²) in [4.78, 5) is 0. The SMILES string of the molecule is COCc1nn(-c2ccc(Cl)c(F)c2)c(Cl)c1C#N. The Bertz CT molecular complexity index is 664. The number of rotatable bonds is 3. The van der Waals surface area contributed by atoms with Crippen molar-refractivity contribution in [3.05, 3.63) is 45.4 Å². The number of nitrogens with zero attached hydrogens (tertiary/aromatic N) is 3. The Balaban J connectivity index is 2.56. The molecule has 1 aromatic heterocycles. The van der Waals surface area contributed by atoms with Crippen LogP contribution in [0, 0.1) is 17.1 Å². The third kappa shape index (κ3) is 2.56. The summed E-state index contributed by atoms with van der Waals surface area (Å²) in [6.07, 6.45) is 0. The highest BCUT2D eigenvalue weighted by atomic mass is 35.5. The van der Waals surface area contributed by atoms with E-state index in [9.17, 15) is 4.39 Å². The molecule has 0 aliphatic heterocycles. The van der Waals surface area contributed by atoms with Gasteiger partial charge in [-0.2, -0.15) is 10.4 Å². The van der Waals surface area contributed by atoms with Gasteiger partial charge in [0.25, 0.3) is 0 Å². The molecule has 0 fully saturated rings. The average Bonchev–Trinajstić information content (AvgIpc) is 2.70. The van der Waals surface area contributed by atoms with Crippen LogP contribution in [-0.2, 0) is 11.3 Å². The van der Waals surface area contributed by atoms with Crippen LogP contribution in [0.3, 0.4) is 0 Å². The Labute approximate surface area is 118 Å². The van der Waals surface area contributed by atoms with Crippen molar-refractivity contribution in [3.63, 3.8) is 0 Å². The second-order valence-electron chi connectivity index (χ2n) is 3.67. The Kier molecular flexibility index (Phi) is 4.05. The van der Waals surface area contributed by atoms with E-state index in [4.69, 9.17) is 33.2 Å². The second kappa shape index (κ2) is 5.57. The Hall–Kier alpha value is -1.61. The number of ether oxygens (including phenoxy) is 1. The highest BCUT2D eigenvalue weighted by molar-refractivity contribution is 6.31. The van der Waals surface area contributed by atoms with Crippen molar-refractivity contribution < 1.29 is 9.13 Å². The molecule has 0 radical (unpaired) electrons. The molecule has 0 aliphatic rings. The van der Waals surface area contributed by atoms with E-state index in [1.165, 1.54) is 23.9 Å². The fraction of sp³-hybridized carbons (Fsp3) is 0.167. The number of hydrogen-bond donors (Lipinski definition) is 0. The summed E-state index contributed by atoms with van der Waals surface area (Å²) in [6, 6.07) is 6.10. The van der Waals surface area contributed by atoms with Crippen LogP contribution in [0.1, 0.15) is 11.3 Å². The molecule has 98 valence electrons. The number of benzene rings is 1. The topological polar surface area (TPSA) is 50.8 Å². The fourth-order valence-electron chi connectivity index (χ4n) is 1.58. The molecule has 2 aromatic rings. The molecular formula is C12H8Cl2FN3O. The number of aromatic nitrogens is 2. The summed E-state index contributed by atoms with van der Waals surface area (Å²) in [5.41, 5.74) is 0.981. The lowest BCUT2D eigenvalue weighted by molar-refractivity contribution is 0.181. The van der Waals surface area contributed by atoms with E-state index in [-0.39, 0.29) is 22.3 Å². The molecule has 0 amide bonds. The minimum Gasteiger partial charge on any atom is -0.378 e. The van der Waals surface area contributed by atoms with Gasteiger partial charge in [-0.15, -0.1) is 0 Å². The van der Waals surface area contributed by atoms with Gasteiger partial charge in [-0.05, 0) is 12.1 Å². The van der Waals surface area contributed by atoms with Crippen molar-refractivity contribution in [3.8, 4) is 11.8 Å². The first-order valence-corrected chi connectivity index (χ1v) is 5.96. The van der Waals surface area contributed by atoms with Gasteiger partial charge in [-0.1, -0.05) is 23.2 Å². The Morgan fingerprint density at radius 2 is 2.21 bits per heavy atom. The van der Waals surface area contributed by atoms with E-state index >= 15 is 0 Å². The molecule has 0 spiro atoms. The smallest absolute Gasteiger partial charge is 0.151 e. The summed E-state index contributed by atoms with van der Waals surface area (Å²) in [5.74, 6) is -0.586. The minimum atomic E-state index is -0.586. The van der Waals surface area contributed by atoms with E-state index in [2.05, 4.69) is 5.10 Å². The quantitative estimate of drug-likeness (QED) is 0.873. The number of hydrogen-bond acceptors (Lipinski definition) is 3. The van der Waals surface area contributed by atoms with E-state index in [0.29, 0.717) is 11.4 Å². The number of halogens is 3. The summed E-state index contributed by atoms with van der Waals surface area (Å²) in [7, 11) is 1.48. The van der Waals surface area contributed by atoms with Crippen LogP contribution in [0.2, 0.25) is 10.2 Å². The van der Waals surface area contributed by atoms with Crippen molar-refractivity contribution in [1.82, 2.24) is 9.78 Å². The molecule has 1 aromatic carbocycles. The van der Waals surface area contributed by atoms with Crippen LogP contribution < -0.4 is 0 Å². The third-order valence-electron chi connectivity index (χ3n) is 2.44. The standard InChI is InChI=1S/C12H8Cl2FN3O/c1-19-6-11-8(5-16)12(14)18(17-11)7-2-3-9(13)10(15)4-7/h2-4H,6H2,1H3. The van der Waals surface area contributed by atoms with Gasteiger partial charge in [-0.25, -0.2) is 9.07 Å². The van der Waals surface area contributed by atoms with Gasteiger partial charge in [0.2, 0.25) is 0 Å². The molecule has 0 bridgehead atoms. The summed E-state index contributed by atoms with van der Waals surface area (Å²) < 4.78 is 19.6. The Morgan fingerprint density at radius 1 is 1.47 bits per heavy atom. The number of nitriles is 1. The monoisotopic (exact) mass is 299 g/mol. The van der Waals surface area contributed by atoms with Crippen LogP contribution in [0.4, 0.5) is 4.39 Å². The maximum Gasteiger partial charge on any atom is 0.151 e. The van der Waals surface area contributed by atoms with Gasteiger partial charge in [0.1, 0.15) is 23.1 Å². The Morgan fingerprint density at radius 3 is 2.79 bits per heavy atom. The van der Waals surface area contributed by atoms with Crippen molar-refractivity contribution in [2.45, 2.75) is 6.61 Å². The van der Waals surface area contributed by atoms with Crippen LogP contribution in [0.25, 0.3) is 5.69 Å². The van der Waals surface area contributed by atoms with E-state index in [1.807, 2.05) is 6.07 Å². The molecule has 1 heterocycles. The van der Waals surface area contributed by atoms with Crippen molar-refractivity contribution in [2.75, 3.05) is 7.11 Å². The van der Waals surface area contributed by atoms with Crippen LogP contribution in [0.5, 0.6) is 0 Å². The summed E-state index contributed by atoms with van der Waals surface area (Å²) in [6.45, 7) is 0.145. The predicted molar refractivity (Wildman–Crippen MR) is 69.0 cm³/mol. The maximum atomic E-state index is 13.4. The fourth-order valence-corrected chi connectivity index (χ4v) is 1.98.